The van der Waals surface area contributed by atoms with Crippen molar-refractivity contribution in [3.63, 3.8) is 0 Å². The quantitative estimate of drug-likeness (QED) is 0.250. The second-order valence-corrected chi connectivity index (χ2v) is 11.4. The van der Waals surface area contributed by atoms with Gasteiger partial charge >= 0.3 is 5.97 Å². The first-order valence-electron chi connectivity index (χ1n) is 15.0. The third-order valence-electron chi connectivity index (χ3n) is 8.59. The molecule has 4 rings (SSSR count). The fourth-order valence-corrected chi connectivity index (χ4v) is 5.90. The van der Waals surface area contributed by atoms with Crippen LogP contribution in [0.3, 0.4) is 0 Å². The summed E-state index contributed by atoms with van der Waals surface area (Å²) in [6, 6.07) is 9.11. The van der Waals surface area contributed by atoms with Crippen LogP contribution in [0, 0.1) is 41.2 Å². The van der Waals surface area contributed by atoms with Gasteiger partial charge in [0.15, 0.2) is 0 Å². The summed E-state index contributed by atoms with van der Waals surface area (Å²) in [4.78, 5) is 12.6. The lowest BCUT2D eigenvalue weighted by Gasteiger charge is -2.28. The van der Waals surface area contributed by atoms with E-state index in [1.807, 2.05) is 12.1 Å². The lowest BCUT2D eigenvalue weighted by Crippen LogP contribution is -2.24. The van der Waals surface area contributed by atoms with Gasteiger partial charge in [-0.3, -0.25) is 0 Å². The number of hydrogen-bond donors (Lipinski definition) is 0. The number of hydrogen-bond acceptors (Lipinski definition) is 2. The maximum absolute atomic E-state index is 14.7. The average Bonchev–Trinajstić information content (AvgIpc) is 2.96. The van der Waals surface area contributed by atoms with Gasteiger partial charge in [0, 0.05) is 0 Å². The minimum Gasteiger partial charge on any atom is -0.459 e. The Balaban J connectivity index is 1.32. The van der Waals surface area contributed by atoms with Crippen LogP contribution in [0.2, 0.25) is 0 Å². The smallest absolute Gasteiger partial charge is 0.338 e. The van der Waals surface area contributed by atoms with Crippen LogP contribution < -0.4 is 0 Å². The molecule has 4 heteroatoms. The third-order valence-corrected chi connectivity index (χ3v) is 8.59. The summed E-state index contributed by atoms with van der Waals surface area (Å²) >= 11 is 0. The topological polar surface area (TPSA) is 26.3 Å². The van der Waals surface area contributed by atoms with Gasteiger partial charge in [0.25, 0.3) is 0 Å². The molecule has 0 aromatic heterocycles. The van der Waals surface area contributed by atoms with Crippen molar-refractivity contribution in [3.8, 4) is 11.8 Å². The number of unbranched alkanes of at least 4 members (excludes halogenated alkanes) is 1. The van der Waals surface area contributed by atoms with E-state index in [0.717, 1.165) is 49.1 Å². The number of rotatable bonds is 8. The van der Waals surface area contributed by atoms with E-state index in [2.05, 4.69) is 31.8 Å². The van der Waals surface area contributed by atoms with Crippen molar-refractivity contribution in [2.24, 2.45) is 17.8 Å². The second-order valence-electron chi connectivity index (χ2n) is 11.4. The van der Waals surface area contributed by atoms with Crippen molar-refractivity contribution >= 4 is 12.0 Å². The molecule has 2 aliphatic carbocycles. The number of ether oxygens (including phenoxy) is 1. The predicted octanol–water partition coefficient (Wildman–Crippen LogP) is 9.50. The molecule has 39 heavy (non-hydrogen) atoms. The lowest BCUT2D eigenvalue weighted by molar-refractivity contribution is 0.0160. The Morgan fingerprint density at radius 3 is 2.13 bits per heavy atom. The number of benzene rings is 2. The summed E-state index contributed by atoms with van der Waals surface area (Å²) in [5, 5.41) is 0. The Morgan fingerprint density at radius 1 is 0.872 bits per heavy atom. The van der Waals surface area contributed by atoms with Gasteiger partial charge in [-0.1, -0.05) is 69.6 Å². The van der Waals surface area contributed by atoms with Crippen molar-refractivity contribution in [3.05, 3.63) is 76.4 Å². The minimum atomic E-state index is -0.613. The van der Waals surface area contributed by atoms with Gasteiger partial charge < -0.3 is 4.74 Å². The highest BCUT2D eigenvalue weighted by atomic mass is 19.1. The van der Waals surface area contributed by atoms with Crippen LogP contribution in [0.1, 0.15) is 118 Å². The monoisotopic (exact) mass is 532 g/mol. The minimum absolute atomic E-state index is 0.102. The molecule has 0 N–H and O–H groups in total. The van der Waals surface area contributed by atoms with E-state index < -0.39 is 17.6 Å². The molecule has 0 bridgehead atoms. The van der Waals surface area contributed by atoms with Gasteiger partial charge in [0.1, 0.15) is 17.7 Å². The highest BCUT2D eigenvalue weighted by Crippen LogP contribution is 2.32. The Bertz CT molecular complexity index is 1190. The lowest BCUT2D eigenvalue weighted by atomic mass is 9.80. The molecule has 2 aliphatic rings. The zero-order chi connectivity index (χ0) is 27.6. The summed E-state index contributed by atoms with van der Waals surface area (Å²) in [5.41, 5.74) is 1.32. The summed E-state index contributed by atoms with van der Waals surface area (Å²) in [6.07, 6.45) is 17.9. The van der Waals surface area contributed by atoms with E-state index in [9.17, 15) is 13.6 Å². The molecule has 0 heterocycles. The number of carbonyl (C=O) groups is 1. The molecule has 2 aromatic carbocycles. The molecule has 2 aromatic rings. The zero-order valence-corrected chi connectivity index (χ0v) is 23.5. The largest absolute Gasteiger partial charge is 0.459 e. The van der Waals surface area contributed by atoms with Crippen LogP contribution in [0.4, 0.5) is 8.78 Å². The van der Waals surface area contributed by atoms with Crippen molar-refractivity contribution < 1.29 is 18.3 Å². The molecule has 208 valence electrons. The fourth-order valence-electron chi connectivity index (χ4n) is 5.90. The summed E-state index contributed by atoms with van der Waals surface area (Å²) in [5.74, 6) is 6.05. The van der Waals surface area contributed by atoms with Gasteiger partial charge in [0.05, 0.1) is 16.7 Å². The third kappa shape index (κ3) is 8.53. The van der Waals surface area contributed by atoms with Gasteiger partial charge in [-0.15, -0.1) is 0 Å². The maximum Gasteiger partial charge on any atom is 0.338 e. The van der Waals surface area contributed by atoms with Crippen molar-refractivity contribution in [2.75, 3.05) is 0 Å². The van der Waals surface area contributed by atoms with Gasteiger partial charge in [-0.2, -0.15) is 0 Å². The van der Waals surface area contributed by atoms with Gasteiger partial charge in [-0.25, -0.2) is 13.6 Å². The molecular weight excluding hydrogens is 490 g/mol. The Kier molecular flexibility index (Phi) is 10.8. The van der Waals surface area contributed by atoms with Crippen LogP contribution in [0.25, 0.3) is 6.08 Å². The summed E-state index contributed by atoms with van der Waals surface area (Å²) < 4.78 is 35.1. The number of carbonyl (C=O) groups excluding carboxylic acids is 1. The number of esters is 1. The molecule has 0 aliphatic heterocycles. The normalized spacial score (nSPS) is 23.3. The van der Waals surface area contributed by atoms with E-state index >= 15 is 0 Å². The molecule has 0 amide bonds. The molecule has 0 radical (unpaired) electrons. The molecule has 2 saturated carbocycles. The Morgan fingerprint density at radius 2 is 1.51 bits per heavy atom. The molecule has 0 atom stereocenters. The fraction of sp³-hybridized carbons (Fsp3) is 0.514. The first-order chi connectivity index (χ1) is 18.9. The molecule has 0 saturated heterocycles. The number of halogens is 2. The molecule has 2 nitrogen and oxygen atoms in total. The first kappa shape index (κ1) is 29.1. The molecule has 2 fully saturated rings. The van der Waals surface area contributed by atoms with Crippen LogP contribution in [-0.4, -0.2) is 12.1 Å². The second kappa shape index (κ2) is 14.5. The van der Waals surface area contributed by atoms with E-state index in [0.29, 0.717) is 5.92 Å². The van der Waals surface area contributed by atoms with Crippen LogP contribution in [0.15, 0.2) is 42.5 Å². The van der Waals surface area contributed by atoms with E-state index in [4.69, 9.17) is 4.74 Å². The predicted molar refractivity (Wildman–Crippen MR) is 154 cm³/mol. The summed E-state index contributed by atoms with van der Waals surface area (Å²) in [7, 11) is 0. The van der Waals surface area contributed by atoms with E-state index in [1.165, 1.54) is 69.6 Å². The van der Waals surface area contributed by atoms with Crippen LogP contribution in [-0.2, 0) is 4.74 Å². The van der Waals surface area contributed by atoms with Crippen LogP contribution >= 0.6 is 0 Å². The number of allylic oxidation sites excluding steroid dienone is 1. The van der Waals surface area contributed by atoms with Gasteiger partial charge in [-0.05, 0) is 105 Å². The zero-order valence-electron chi connectivity index (χ0n) is 23.5. The van der Waals surface area contributed by atoms with Crippen molar-refractivity contribution in [2.45, 2.75) is 97.0 Å². The first-order valence-corrected chi connectivity index (χ1v) is 15.0. The highest BCUT2D eigenvalue weighted by molar-refractivity contribution is 5.89. The highest BCUT2D eigenvalue weighted by Gasteiger charge is 2.24. The van der Waals surface area contributed by atoms with E-state index in [-0.39, 0.29) is 22.8 Å². The standard InChI is InChI=1S/C35H42F2O2/c1-3-5-6-26-14-21-32(22-15-26)39-35(38)31-20-19-30(34(37)24-31)18-17-29-16-13-28(23-33(29)36)12-11-27-9-7-25(4-2)8-10-27/h11-13,16,19-20,23-27,32H,3-10,14-15,21-22H2,1-2H3. The van der Waals surface area contributed by atoms with Crippen molar-refractivity contribution in [1.29, 1.82) is 0 Å². The molecule has 0 unspecified atom stereocenters. The van der Waals surface area contributed by atoms with Gasteiger partial charge in [0.2, 0.25) is 0 Å². The summed E-state index contributed by atoms with van der Waals surface area (Å²) in [6.45, 7) is 4.46. The maximum atomic E-state index is 14.7. The Hall–Kier alpha value is -2.93. The van der Waals surface area contributed by atoms with E-state index in [1.54, 1.807) is 6.07 Å². The molecule has 0 spiro atoms. The molecular formula is C35H42F2O2. The van der Waals surface area contributed by atoms with Crippen molar-refractivity contribution in [1.82, 2.24) is 0 Å². The SMILES string of the molecule is CCCCC1CCC(OC(=O)c2ccc(C#Cc3ccc(C=CC4CCC(CC)CC4)cc3F)c(F)c2)CC1. The van der Waals surface area contributed by atoms with Crippen LogP contribution in [0.5, 0.6) is 0 Å². The average molecular weight is 533 g/mol. The Labute approximate surface area is 233 Å².